The standard InChI is InChI=1S/C24H15BrFN3O4S2/c25-15-4-1-3-14(11-15)19-18(20(30)17-5-2-10-33-17)21(31)22(32)29(19)23-27-28-24(35-23)34-12-13-6-8-16(26)9-7-13/h1-11,19,31H,12H2. The van der Waals surface area contributed by atoms with E-state index in [9.17, 15) is 19.1 Å². The van der Waals surface area contributed by atoms with Gasteiger partial charge in [0.2, 0.25) is 10.9 Å². The van der Waals surface area contributed by atoms with Crippen molar-refractivity contribution in [2.75, 3.05) is 4.90 Å². The van der Waals surface area contributed by atoms with E-state index >= 15 is 0 Å². The van der Waals surface area contributed by atoms with Crippen LogP contribution in [0.15, 0.2) is 91.5 Å². The van der Waals surface area contributed by atoms with Crippen LogP contribution >= 0.6 is 39.0 Å². The summed E-state index contributed by atoms with van der Waals surface area (Å²) in [5, 5.41) is 19.3. The molecule has 0 saturated heterocycles. The molecule has 0 spiro atoms. The zero-order valence-corrected chi connectivity index (χ0v) is 20.9. The number of thioether (sulfide) groups is 1. The molecule has 1 N–H and O–H groups in total. The summed E-state index contributed by atoms with van der Waals surface area (Å²) in [6.45, 7) is 0. The van der Waals surface area contributed by atoms with Crippen molar-refractivity contribution in [2.45, 2.75) is 16.1 Å². The fourth-order valence-corrected chi connectivity index (χ4v) is 5.89. The lowest BCUT2D eigenvalue weighted by Gasteiger charge is -2.24. The fraction of sp³-hybridized carbons (Fsp3) is 0.0833. The molecule has 1 atom stereocenters. The fourth-order valence-electron chi connectivity index (χ4n) is 3.65. The van der Waals surface area contributed by atoms with E-state index in [2.05, 4.69) is 26.1 Å². The number of aromatic nitrogens is 2. The van der Waals surface area contributed by atoms with Crippen LogP contribution in [0.25, 0.3) is 0 Å². The first kappa shape index (κ1) is 23.5. The second-order valence-electron chi connectivity index (χ2n) is 7.47. The molecular weight excluding hydrogens is 557 g/mol. The number of amides is 1. The molecule has 5 rings (SSSR count). The normalized spacial score (nSPS) is 15.8. The summed E-state index contributed by atoms with van der Waals surface area (Å²) in [7, 11) is 0. The first-order valence-corrected chi connectivity index (χ1v) is 12.8. The highest BCUT2D eigenvalue weighted by molar-refractivity contribution is 9.10. The maximum atomic E-state index is 13.2. The van der Waals surface area contributed by atoms with Gasteiger partial charge in [-0.15, -0.1) is 10.2 Å². The third kappa shape index (κ3) is 4.66. The number of nitrogens with zero attached hydrogens (tertiary/aromatic N) is 3. The SMILES string of the molecule is O=C(C1=C(O)C(=O)N(c2nnc(SCc3ccc(F)cc3)s2)C1c1cccc(Br)c1)c1ccco1. The molecule has 0 fully saturated rings. The topological polar surface area (TPSA) is 96.5 Å². The molecule has 1 unspecified atom stereocenters. The van der Waals surface area contributed by atoms with Gasteiger partial charge in [0.05, 0.1) is 17.9 Å². The molecule has 4 aromatic rings. The molecule has 1 aliphatic rings. The van der Waals surface area contributed by atoms with E-state index in [1.165, 1.54) is 41.1 Å². The van der Waals surface area contributed by atoms with Crippen molar-refractivity contribution in [3.63, 3.8) is 0 Å². The van der Waals surface area contributed by atoms with Crippen LogP contribution in [0, 0.1) is 5.82 Å². The molecule has 0 radical (unpaired) electrons. The van der Waals surface area contributed by atoms with Crippen LogP contribution in [0.2, 0.25) is 0 Å². The van der Waals surface area contributed by atoms with Crippen molar-refractivity contribution in [3.8, 4) is 0 Å². The smallest absolute Gasteiger partial charge is 0.296 e. The molecule has 0 saturated carbocycles. The highest BCUT2D eigenvalue weighted by Crippen LogP contribution is 2.44. The number of rotatable bonds is 7. The lowest BCUT2D eigenvalue weighted by Crippen LogP contribution is -2.31. The van der Waals surface area contributed by atoms with Crippen LogP contribution in [-0.2, 0) is 10.5 Å². The maximum absolute atomic E-state index is 13.2. The van der Waals surface area contributed by atoms with Gasteiger partial charge in [0.25, 0.3) is 5.91 Å². The molecule has 35 heavy (non-hydrogen) atoms. The highest BCUT2D eigenvalue weighted by Gasteiger charge is 2.46. The average molecular weight is 572 g/mol. The average Bonchev–Trinajstić information content (AvgIpc) is 3.59. The third-order valence-electron chi connectivity index (χ3n) is 5.24. The predicted octanol–water partition coefficient (Wildman–Crippen LogP) is 6.11. The molecular formula is C24H15BrFN3O4S2. The Morgan fingerprint density at radius 3 is 2.69 bits per heavy atom. The van der Waals surface area contributed by atoms with E-state index in [0.717, 1.165) is 21.4 Å². The van der Waals surface area contributed by atoms with E-state index in [4.69, 9.17) is 4.42 Å². The second kappa shape index (κ2) is 9.76. The lowest BCUT2D eigenvalue weighted by atomic mass is 9.95. The number of aliphatic hydroxyl groups is 1. The van der Waals surface area contributed by atoms with Gasteiger partial charge in [-0.3, -0.25) is 14.5 Å². The van der Waals surface area contributed by atoms with Crippen LogP contribution in [0.3, 0.4) is 0 Å². The minimum atomic E-state index is -0.930. The van der Waals surface area contributed by atoms with Gasteiger partial charge in [0, 0.05) is 10.2 Å². The van der Waals surface area contributed by atoms with Crippen molar-refractivity contribution in [1.29, 1.82) is 0 Å². The van der Waals surface area contributed by atoms with Gasteiger partial charge in [-0.2, -0.15) is 0 Å². The number of Topliss-reactive ketones (excluding diaryl/α,β-unsaturated/α-hetero) is 1. The van der Waals surface area contributed by atoms with Crippen LogP contribution in [0.4, 0.5) is 9.52 Å². The zero-order chi connectivity index (χ0) is 24.5. The number of carbonyl (C=O) groups is 2. The summed E-state index contributed by atoms with van der Waals surface area (Å²) >= 11 is 5.97. The molecule has 7 nitrogen and oxygen atoms in total. The number of halogens is 2. The van der Waals surface area contributed by atoms with Crippen LogP contribution in [0.5, 0.6) is 0 Å². The number of hydrogen-bond donors (Lipinski definition) is 1. The van der Waals surface area contributed by atoms with E-state index < -0.39 is 23.5 Å². The van der Waals surface area contributed by atoms with Crippen molar-refractivity contribution in [2.24, 2.45) is 0 Å². The highest BCUT2D eigenvalue weighted by atomic mass is 79.9. The number of carbonyl (C=O) groups excluding carboxylic acids is 2. The Morgan fingerprint density at radius 1 is 1.17 bits per heavy atom. The number of furan rings is 1. The molecule has 1 amide bonds. The van der Waals surface area contributed by atoms with E-state index in [1.54, 1.807) is 36.4 Å². The van der Waals surface area contributed by atoms with E-state index in [1.807, 2.05) is 6.07 Å². The first-order chi connectivity index (χ1) is 16.9. The number of hydrogen-bond acceptors (Lipinski definition) is 8. The summed E-state index contributed by atoms with van der Waals surface area (Å²) in [4.78, 5) is 27.7. The number of anilines is 1. The largest absolute Gasteiger partial charge is 0.503 e. The van der Waals surface area contributed by atoms with Crippen molar-refractivity contribution in [1.82, 2.24) is 10.2 Å². The summed E-state index contributed by atoms with van der Waals surface area (Å²) in [6, 6.07) is 15.4. The Kier molecular flexibility index (Phi) is 6.54. The summed E-state index contributed by atoms with van der Waals surface area (Å²) in [6.07, 6.45) is 1.35. The van der Waals surface area contributed by atoms with Gasteiger partial charge in [-0.1, -0.05) is 63.3 Å². The molecule has 2 aromatic carbocycles. The maximum Gasteiger partial charge on any atom is 0.296 e. The number of benzene rings is 2. The van der Waals surface area contributed by atoms with Gasteiger partial charge >= 0.3 is 0 Å². The van der Waals surface area contributed by atoms with Crippen LogP contribution < -0.4 is 4.90 Å². The van der Waals surface area contributed by atoms with E-state index in [-0.39, 0.29) is 22.3 Å². The van der Waals surface area contributed by atoms with Gasteiger partial charge in [0.15, 0.2) is 15.9 Å². The Morgan fingerprint density at radius 2 is 1.97 bits per heavy atom. The number of ketones is 1. The Hall–Kier alpha value is -3.28. The number of aliphatic hydroxyl groups excluding tert-OH is 1. The quantitative estimate of drug-likeness (QED) is 0.162. The van der Waals surface area contributed by atoms with Gasteiger partial charge in [0.1, 0.15) is 5.82 Å². The van der Waals surface area contributed by atoms with Crippen LogP contribution in [0.1, 0.15) is 27.7 Å². The summed E-state index contributed by atoms with van der Waals surface area (Å²) < 4.78 is 19.7. The monoisotopic (exact) mass is 571 g/mol. The molecule has 176 valence electrons. The molecule has 11 heteroatoms. The van der Waals surface area contributed by atoms with Gasteiger partial charge in [-0.25, -0.2) is 4.39 Å². The first-order valence-electron chi connectivity index (χ1n) is 10.2. The third-order valence-corrected chi connectivity index (χ3v) is 7.86. The minimum absolute atomic E-state index is 0.00834. The Balaban J connectivity index is 1.48. The predicted molar refractivity (Wildman–Crippen MR) is 133 cm³/mol. The van der Waals surface area contributed by atoms with Crippen molar-refractivity contribution < 1.29 is 23.5 Å². The molecule has 3 heterocycles. The lowest BCUT2D eigenvalue weighted by molar-refractivity contribution is -0.117. The Bertz CT molecular complexity index is 1440. The minimum Gasteiger partial charge on any atom is -0.503 e. The van der Waals surface area contributed by atoms with Crippen molar-refractivity contribution in [3.05, 3.63) is 105 Å². The summed E-state index contributed by atoms with van der Waals surface area (Å²) in [5.41, 5.74) is 1.41. The zero-order valence-electron chi connectivity index (χ0n) is 17.7. The summed E-state index contributed by atoms with van der Waals surface area (Å²) in [5.74, 6) is -1.78. The molecule has 1 aliphatic heterocycles. The van der Waals surface area contributed by atoms with Crippen molar-refractivity contribution >= 4 is 55.9 Å². The van der Waals surface area contributed by atoms with Crippen LogP contribution in [-0.4, -0.2) is 27.0 Å². The van der Waals surface area contributed by atoms with E-state index in [0.29, 0.717) is 15.7 Å². The van der Waals surface area contributed by atoms with Gasteiger partial charge < -0.3 is 9.52 Å². The molecule has 0 bridgehead atoms. The Labute approximate surface area is 215 Å². The second-order valence-corrected chi connectivity index (χ2v) is 10.6. The van der Waals surface area contributed by atoms with Gasteiger partial charge in [-0.05, 0) is 47.5 Å². The molecule has 2 aromatic heterocycles. The molecule has 0 aliphatic carbocycles.